The molecule has 3 atom stereocenters. The molecule has 6 N–H and O–H groups in total. The molecule has 1 fully saturated rings. The predicted molar refractivity (Wildman–Crippen MR) is 60.5 cm³/mol. The van der Waals surface area contributed by atoms with Gasteiger partial charge in [0.2, 0.25) is 5.79 Å². The number of nitrogens with one attached hydrogen (secondary N) is 2. The van der Waals surface area contributed by atoms with Crippen LogP contribution in [0.25, 0.3) is 0 Å². The van der Waals surface area contributed by atoms with Crippen molar-refractivity contribution in [3.63, 3.8) is 0 Å². The lowest BCUT2D eigenvalue weighted by molar-refractivity contribution is -0.208. The van der Waals surface area contributed by atoms with Crippen molar-refractivity contribution < 1.29 is 10.2 Å². The van der Waals surface area contributed by atoms with Crippen LogP contribution in [0.3, 0.4) is 0 Å². The van der Waals surface area contributed by atoms with Crippen LogP contribution in [0.4, 0.5) is 0 Å². The molecule has 1 spiro atoms. The second kappa shape index (κ2) is 3.58. The zero-order valence-corrected chi connectivity index (χ0v) is 9.70. The fraction of sp³-hybridized carbons (Fsp3) is 0.900. The van der Waals surface area contributed by atoms with Gasteiger partial charge in [-0.1, -0.05) is 20.3 Å². The molecule has 0 aromatic heterocycles. The molecule has 2 heterocycles. The molecule has 6 heteroatoms. The minimum absolute atomic E-state index is 0.220. The fourth-order valence-corrected chi connectivity index (χ4v) is 2.59. The quantitative estimate of drug-likeness (QED) is 0.378. The fourth-order valence-electron chi connectivity index (χ4n) is 2.59. The molecule has 2 aliphatic heterocycles. The van der Waals surface area contributed by atoms with Gasteiger partial charge in [-0.05, 0) is 5.92 Å². The molecule has 0 amide bonds. The van der Waals surface area contributed by atoms with Crippen molar-refractivity contribution in [3.8, 4) is 0 Å². The maximum absolute atomic E-state index is 10.1. The number of hydrogen-bond donors (Lipinski definition) is 5. The van der Waals surface area contributed by atoms with Crippen LogP contribution in [0.5, 0.6) is 0 Å². The first-order valence-electron chi connectivity index (χ1n) is 5.74. The minimum Gasteiger partial charge on any atom is -0.370 e. The van der Waals surface area contributed by atoms with Gasteiger partial charge in [0.1, 0.15) is 0 Å². The Balaban J connectivity index is 2.34. The van der Waals surface area contributed by atoms with E-state index >= 15 is 0 Å². The molecule has 1 saturated heterocycles. The van der Waals surface area contributed by atoms with Crippen LogP contribution in [0.1, 0.15) is 26.7 Å². The lowest BCUT2D eigenvalue weighted by atomic mass is 9.84. The van der Waals surface area contributed by atoms with E-state index in [1.165, 1.54) is 0 Å². The summed E-state index contributed by atoms with van der Waals surface area (Å²) in [6, 6.07) is -0.255. The van der Waals surface area contributed by atoms with E-state index < -0.39 is 11.4 Å². The Morgan fingerprint density at radius 2 is 2.31 bits per heavy atom. The van der Waals surface area contributed by atoms with E-state index in [0.29, 0.717) is 6.54 Å². The maximum atomic E-state index is 10.1. The zero-order chi connectivity index (χ0) is 12.0. The number of aliphatic imine (C=N–C) groups is 1. The standard InChI is InChI=1S/C10H20N4O2/c1-3-6(2)7-10(14-8(11)13-7)9(15,16)4-5-12-10/h6-7,12,15-16H,3-5H2,1-2H3,(H3,11,13,14). The molecule has 0 aromatic carbocycles. The van der Waals surface area contributed by atoms with Crippen molar-refractivity contribution in [2.45, 2.75) is 44.2 Å². The third-order valence-corrected chi connectivity index (χ3v) is 3.74. The summed E-state index contributed by atoms with van der Waals surface area (Å²) >= 11 is 0. The van der Waals surface area contributed by atoms with Crippen molar-refractivity contribution in [3.05, 3.63) is 0 Å². The maximum Gasteiger partial charge on any atom is 0.204 e. The molecular weight excluding hydrogens is 208 g/mol. The molecule has 0 bridgehead atoms. The molecule has 0 aromatic rings. The molecule has 2 aliphatic rings. The summed E-state index contributed by atoms with van der Waals surface area (Å²) in [6.07, 6.45) is 1.18. The Kier molecular flexibility index (Phi) is 2.60. The van der Waals surface area contributed by atoms with Gasteiger partial charge in [0, 0.05) is 13.0 Å². The number of aliphatic hydroxyl groups is 2. The number of guanidine groups is 1. The number of nitrogens with zero attached hydrogens (tertiary/aromatic N) is 1. The topological polar surface area (TPSA) is 103 Å². The van der Waals surface area contributed by atoms with Crippen LogP contribution in [-0.2, 0) is 0 Å². The monoisotopic (exact) mass is 228 g/mol. The van der Waals surface area contributed by atoms with Gasteiger partial charge in [-0.15, -0.1) is 0 Å². The summed E-state index contributed by atoms with van der Waals surface area (Å²) in [5, 5.41) is 26.2. The molecule has 16 heavy (non-hydrogen) atoms. The second-order valence-corrected chi connectivity index (χ2v) is 4.77. The summed E-state index contributed by atoms with van der Waals surface area (Å²) < 4.78 is 0. The molecule has 0 aliphatic carbocycles. The van der Waals surface area contributed by atoms with Gasteiger partial charge in [0.05, 0.1) is 6.04 Å². The molecular formula is C10H20N4O2. The zero-order valence-electron chi connectivity index (χ0n) is 9.70. The smallest absolute Gasteiger partial charge is 0.204 e. The van der Waals surface area contributed by atoms with E-state index in [4.69, 9.17) is 5.73 Å². The van der Waals surface area contributed by atoms with Gasteiger partial charge in [-0.25, -0.2) is 4.99 Å². The van der Waals surface area contributed by atoms with Gasteiger partial charge < -0.3 is 21.3 Å². The van der Waals surface area contributed by atoms with E-state index in [2.05, 4.69) is 15.6 Å². The highest BCUT2D eigenvalue weighted by atomic mass is 16.5. The Labute approximate surface area is 94.9 Å². The first-order valence-corrected chi connectivity index (χ1v) is 5.74. The summed E-state index contributed by atoms with van der Waals surface area (Å²) in [7, 11) is 0. The van der Waals surface area contributed by atoms with Gasteiger partial charge in [-0.3, -0.25) is 5.32 Å². The Morgan fingerprint density at radius 3 is 2.81 bits per heavy atom. The molecule has 92 valence electrons. The van der Waals surface area contributed by atoms with Crippen molar-refractivity contribution in [2.75, 3.05) is 6.54 Å². The SMILES string of the molecule is CCC(C)C1N=C(N)NC12NCCC2(O)O. The van der Waals surface area contributed by atoms with Gasteiger partial charge in [0.15, 0.2) is 11.6 Å². The summed E-state index contributed by atoms with van der Waals surface area (Å²) in [5.74, 6) is -1.32. The van der Waals surface area contributed by atoms with Gasteiger partial charge in [-0.2, -0.15) is 0 Å². The van der Waals surface area contributed by atoms with Crippen LogP contribution in [0.2, 0.25) is 0 Å². The molecule has 2 rings (SSSR count). The summed E-state index contributed by atoms with van der Waals surface area (Å²) in [4.78, 5) is 4.29. The molecule has 0 saturated carbocycles. The van der Waals surface area contributed by atoms with Gasteiger partial charge in [0.25, 0.3) is 0 Å². The second-order valence-electron chi connectivity index (χ2n) is 4.77. The normalized spacial score (nSPS) is 38.5. The average Bonchev–Trinajstić information content (AvgIpc) is 2.69. The third-order valence-electron chi connectivity index (χ3n) is 3.74. The van der Waals surface area contributed by atoms with E-state index in [1.807, 2.05) is 13.8 Å². The van der Waals surface area contributed by atoms with Crippen LogP contribution < -0.4 is 16.4 Å². The van der Waals surface area contributed by atoms with Crippen LogP contribution in [-0.4, -0.2) is 40.2 Å². The summed E-state index contributed by atoms with van der Waals surface area (Å²) in [6.45, 7) is 4.62. The first-order chi connectivity index (χ1) is 7.43. The Bertz CT molecular complexity index is 318. The third kappa shape index (κ3) is 1.41. The highest BCUT2D eigenvalue weighted by molar-refractivity contribution is 5.81. The molecule has 3 unspecified atom stereocenters. The first kappa shape index (κ1) is 11.6. The number of rotatable bonds is 2. The highest BCUT2D eigenvalue weighted by Crippen LogP contribution is 2.37. The summed E-state index contributed by atoms with van der Waals surface area (Å²) in [5.41, 5.74) is 4.65. The van der Waals surface area contributed by atoms with Crippen molar-refractivity contribution in [1.29, 1.82) is 0 Å². The lowest BCUT2D eigenvalue weighted by Crippen LogP contribution is -2.71. The van der Waals surface area contributed by atoms with E-state index in [0.717, 1.165) is 6.42 Å². The average molecular weight is 228 g/mol. The number of nitrogens with two attached hydrogens (primary N) is 1. The Hall–Kier alpha value is -0.850. The van der Waals surface area contributed by atoms with Crippen molar-refractivity contribution in [2.24, 2.45) is 16.6 Å². The largest absolute Gasteiger partial charge is 0.370 e. The lowest BCUT2D eigenvalue weighted by Gasteiger charge is -2.40. The number of hydrogen-bond acceptors (Lipinski definition) is 6. The van der Waals surface area contributed by atoms with Crippen LogP contribution >= 0.6 is 0 Å². The molecule has 0 radical (unpaired) electrons. The van der Waals surface area contributed by atoms with Gasteiger partial charge >= 0.3 is 0 Å². The molecule has 6 nitrogen and oxygen atoms in total. The van der Waals surface area contributed by atoms with E-state index in [-0.39, 0.29) is 24.3 Å². The van der Waals surface area contributed by atoms with Crippen molar-refractivity contribution >= 4 is 5.96 Å². The minimum atomic E-state index is -1.81. The van der Waals surface area contributed by atoms with E-state index in [1.54, 1.807) is 0 Å². The van der Waals surface area contributed by atoms with Crippen LogP contribution in [0, 0.1) is 5.92 Å². The van der Waals surface area contributed by atoms with E-state index in [9.17, 15) is 10.2 Å². The highest BCUT2D eigenvalue weighted by Gasteiger charge is 2.62. The van der Waals surface area contributed by atoms with Crippen molar-refractivity contribution in [1.82, 2.24) is 10.6 Å². The van der Waals surface area contributed by atoms with Crippen LogP contribution in [0.15, 0.2) is 4.99 Å². The predicted octanol–water partition coefficient (Wildman–Crippen LogP) is -1.31. The Morgan fingerprint density at radius 1 is 1.62 bits per heavy atom.